The van der Waals surface area contributed by atoms with E-state index in [1.54, 1.807) is 6.33 Å². The summed E-state index contributed by atoms with van der Waals surface area (Å²) < 4.78 is 5.81. The second kappa shape index (κ2) is 7.18. The van der Waals surface area contributed by atoms with E-state index in [1.807, 2.05) is 6.07 Å². The van der Waals surface area contributed by atoms with Crippen molar-refractivity contribution < 1.29 is 4.74 Å². The Kier molecular flexibility index (Phi) is 4.79. The van der Waals surface area contributed by atoms with Gasteiger partial charge in [0.1, 0.15) is 6.33 Å². The van der Waals surface area contributed by atoms with Crippen molar-refractivity contribution in [1.29, 1.82) is 0 Å². The van der Waals surface area contributed by atoms with Crippen LogP contribution in [0, 0.1) is 0 Å². The van der Waals surface area contributed by atoms with Crippen LogP contribution in [0.1, 0.15) is 29.7 Å². The lowest BCUT2D eigenvalue weighted by Crippen LogP contribution is -2.17. The van der Waals surface area contributed by atoms with Gasteiger partial charge in [-0.25, -0.2) is 9.97 Å². The number of benzene rings is 1. The molecule has 1 N–H and O–H groups in total. The van der Waals surface area contributed by atoms with E-state index >= 15 is 0 Å². The summed E-state index contributed by atoms with van der Waals surface area (Å²) in [6, 6.07) is 10.4. The highest BCUT2D eigenvalue weighted by Gasteiger charge is 2.17. The van der Waals surface area contributed by atoms with Gasteiger partial charge in [-0.3, -0.25) is 0 Å². The number of hydrogen-bond acceptors (Lipinski definition) is 4. The van der Waals surface area contributed by atoms with Gasteiger partial charge in [0.2, 0.25) is 5.88 Å². The second-order valence-electron chi connectivity index (χ2n) is 5.32. The fourth-order valence-corrected chi connectivity index (χ4v) is 2.65. The van der Waals surface area contributed by atoms with Crippen molar-refractivity contribution in [2.45, 2.75) is 32.2 Å². The zero-order valence-electron chi connectivity index (χ0n) is 12.2. The Morgan fingerprint density at radius 3 is 2.90 bits per heavy atom. The smallest absolute Gasteiger partial charge is 0.219 e. The zero-order chi connectivity index (χ0) is 14.3. The van der Waals surface area contributed by atoms with Gasteiger partial charge >= 0.3 is 0 Å². The SMILES string of the molecule is c1ccc(CNCCCOc2ncnc3c2CCC3)cc1. The standard InChI is InChI=1S/C17H21N3O/c1-2-6-14(7-3-1)12-18-10-5-11-21-17-15-8-4-9-16(15)19-13-20-17/h1-3,6-7,13,18H,4-5,8-12H2. The molecule has 0 fully saturated rings. The summed E-state index contributed by atoms with van der Waals surface area (Å²) in [5, 5.41) is 3.43. The Morgan fingerprint density at radius 1 is 1.10 bits per heavy atom. The van der Waals surface area contributed by atoms with Crippen LogP contribution in [0.15, 0.2) is 36.7 Å². The maximum Gasteiger partial charge on any atom is 0.219 e. The number of fused-ring (bicyclic) bond motifs is 1. The molecule has 0 saturated carbocycles. The van der Waals surface area contributed by atoms with Crippen LogP contribution in [-0.2, 0) is 19.4 Å². The number of aromatic nitrogens is 2. The Hall–Kier alpha value is -1.94. The molecule has 1 aliphatic carbocycles. The number of nitrogens with zero attached hydrogens (tertiary/aromatic N) is 2. The molecule has 4 heteroatoms. The summed E-state index contributed by atoms with van der Waals surface area (Å²) >= 11 is 0. The molecule has 0 unspecified atom stereocenters. The molecule has 110 valence electrons. The largest absolute Gasteiger partial charge is 0.477 e. The zero-order valence-corrected chi connectivity index (χ0v) is 12.2. The monoisotopic (exact) mass is 283 g/mol. The maximum absolute atomic E-state index is 5.81. The summed E-state index contributed by atoms with van der Waals surface area (Å²) in [6.07, 6.45) is 5.88. The Balaban J connectivity index is 1.36. The molecule has 0 amide bonds. The average Bonchev–Trinajstić information content (AvgIpc) is 3.01. The summed E-state index contributed by atoms with van der Waals surface area (Å²) in [6.45, 7) is 2.55. The Labute approximate surface area is 125 Å². The van der Waals surface area contributed by atoms with Crippen molar-refractivity contribution in [2.75, 3.05) is 13.2 Å². The van der Waals surface area contributed by atoms with E-state index < -0.39 is 0 Å². The first-order valence-electron chi connectivity index (χ1n) is 7.63. The molecule has 0 saturated heterocycles. The van der Waals surface area contributed by atoms with Crippen LogP contribution < -0.4 is 10.1 Å². The maximum atomic E-state index is 5.81. The van der Waals surface area contributed by atoms with E-state index in [4.69, 9.17) is 4.74 Å². The van der Waals surface area contributed by atoms with Gasteiger partial charge in [-0.05, 0) is 37.8 Å². The first kappa shape index (κ1) is 14.0. The third-order valence-electron chi connectivity index (χ3n) is 3.74. The van der Waals surface area contributed by atoms with Gasteiger partial charge in [0.25, 0.3) is 0 Å². The first-order chi connectivity index (χ1) is 10.4. The molecule has 21 heavy (non-hydrogen) atoms. The summed E-state index contributed by atoms with van der Waals surface area (Å²) in [7, 11) is 0. The minimum Gasteiger partial charge on any atom is -0.477 e. The summed E-state index contributed by atoms with van der Waals surface area (Å²) in [5.41, 5.74) is 3.70. The predicted molar refractivity (Wildman–Crippen MR) is 82.3 cm³/mol. The third-order valence-corrected chi connectivity index (χ3v) is 3.74. The van der Waals surface area contributed by atoms with E-state index in [0.717, 1.165) is 38.2 Å². The number of nitrogens with one attached hydrogen (secondary N) is 1. The lowest BCUT2D eigenvalue weighted by Gasteiger charge is -2.09. The molecule has 1 aromatic carbocycles. The Morgan fingerprint density at radius 2 is 2.00 bits per heavy atom. The first-order valence-corrected chi connectivity index (χ1v) is 7.63. The highest BCUT2D eigenvalue weighted by molar-refractivity contribution is 5.33. The van der Waals surface area contributed by atoms with Crippen LogP contribution in [-0.4, -0.2) is 23.1 Å². The van der Waals surface area contributed by atoms with E-state index in [0.29, 0.717) is 6.61 Å². The van der Waals surface area contributed by atoms with Crippen LogP contribution in [0.2, 0.25) is 0 Å². The lowest BCUT2D eigenvalue weighted by atomic mass is 10.2. The van der Waals surface area contributed by atoms with Gasteiger partial charge in [-0.2, -0.15) is 0 Å². The molecule has 1 aromatic heterocycles. The molecule has 2 aromatic rings. The number of rotatable bonds is 7. The van der Waals surface area contributed by atoms with Gasteiger partial charge < -0.3 is 10.1 Å². The molecule has 0 radical (unpaired) electrons. The molecule has 0 bridgehead atoms. The molecule has 1 heterocycles. The van der Waals surface area contributed by atoms with E-state index in [2.05, 4.69) is 39.6 Å². The topological polar surface area (TPSA) is 47.0 Å². The number of aryl methyl sites for hydroxylation is 1. The van der Waals surface area contributed by atoms with Gasteiger partial charge in [-0.1, -0.05) is 30.3 Å². The van der Waals surface area contributed by atoms with Crippen LogP contribution >= 0.6 is 0 Å². The van der Waals surface area contributed by atoms with Crippen LogP contribution in [0.3, 0.4) is 0 Å². The summed E-state index contributed by atoms with van der Waals surface area (Å²) in [5.74, 6) is 0.792. The minimum absolute atomic E-state index is 0.700. The molecule has 0 spiro atoms. The lowest BCUT2D eigenvalue weighted by molar-refractivity contribution is 0.293. The predicted octanol–water partition coefficient (Wildman–Crippen LogP) is 2.52. The van der Waals surface area contributed by atoms with E-state index in [1.165, 1.54) is 23.2 Å². The molecule has 3 rings (SSSR count). The molecule has 4 nitrogen and oxygen atoms in total. The van der Waals surface area contributed by atoms with E-state index in [-0.39, 0.29) is 0 Å². The van der Waals surface area contributed by atoms with Gasteiger partial charge in [0, 0.05) is 12.1 Å². The van der Waals surface area contributed by atoms with Crippen LogP contribution in [0.5, 0.6) is 5.88 Å². The number of ether oxygens (including phenoxy) is 1. The summed E-state index contributed by atoms with van der Waals surface area (Å²) in [4.78, 5) is 8.57. The third kappa shape index (κ3) is 3.79. The highest BCUT2D eigenvalue weighted by Crippen LogP contribution is 2.26. The highest BCUT2D eigenvalue weighted by atomic mass is 16.5. The molecule has 0 atom stereocenters. The van der Waals surface area contributed by atoms with Gasteiger partial charge in [-0.15, -0.1) is 0 Å². The fourth-order valence-electron chi connectivity index (χ4n) is 2.65. The van der Waals surface area contributed by atoms with Crippen molar-refractivity contribution in [1.82, 2.24) is 15.3 Å². The minimum atomic E-state index is 0.700. The average molecular weight is 283 g/mol. The van der Waals surface area contributed by atoms with Crippen LogP contribution in [0.4, 0.5) is 0 Å². The van der Waals surface area contributed by atoms with Crippen molar-refractivity contribution in [3.63, 3.8) is 0 Å². The number of hydrogen-bond donors (Lipinski definition) is 1. The Bertz CT molecular complexity index is 572. The van der Waals surface area contributed by atoms with Crippen molar-refractivity contribution >= 4 is 0 Å². The second-order valence-corrected chi connectivity index (χ2v) is 5.32. The van der Waals surface area contributed by atoms with Crippen molar-refractivity contribution in [3.8, 4) is 5.88 Å². The fraction of sp³-hybridized carbons (Fsp3) is 0.412. The van der Waals surface area contributed by atoms with Gasteiger partial charge in [0.15, 0.2) is 0 Å². The normalized spacial score (nSPS) is 13.1. The quantitative estimate of drug-likeness (QED) is 0.793. The molecular weight excluding hydrogens is 262 g/mol. The van der Waals surface area contributed by atoms with Gasteiger partial charge in [0.05, 0.1) is 12.3 Å². The molecule has 1 aliphatic rings. The van der Waals surface area contributed by atoms with E-state index in [9.17, 15) is 0 Å². The van der Waals surface area contributed by atoms with Crippen molar-refractivity contribution in [3.05, 3.63) is 53.5 Å². The van der Waals surface area contributed by atoms with Crippen molar-refractivity contribution in [2.24, 2.45) is 0 Å². The molecular formula is C17H21N3O. The van der Waals surface area contributed by atoms with Crippen LogP contribution in [0.25, 0.3) is 0 Å². The molecule has 0 aliphatic heterocycles.